The van der Waals surface area contributed by atoms with Crippen molar-refractivity contribution >= 4 is 0 Å². The van der Waals surface area contributed by atoms with E-state index < -0.39 is 0 Å². The highest BCUT2D eigenvalue weighted by atomic mass is 16.5. The highest BCUT2D eigenvalue weighted by Crippen LogP contribution is 2.26. The van der Waals surface area contributed by atoms with Crippen LogP contribution in [0.4, 0.5) is 0 Å². The Hall–Kier alpha value is -0.940. The van der Waals surface area contributed by atoms with Gasteiger partial charge in [-0.15, -0.1) is 0 Å². The predicted molar refractivity (Wildman–Crippen MR) is 86.6 cm³/mol. The van der Waals surface area contributed by atoms with Gasteiger partial charge in [0.15, 0.2) is 5.82 Å². The Kier molecular flexibility index (Phi) is 5.47. The lowest BCUT2D eigenvalue weighted by molar-refractivity contribution is 0.101. The van der Waals surface area contributed by atoms with Crippen LogP contribution in [-0.4, -0.2) is 52.2 Å². The number of piperidine rings is 1. The summed E-state index contributed by atoms with van der Waals surface area (Å²) in [6.07, 6.45) is 7.36. The van der Waals surface area contributed by atoms with Crippen molar-refractivity contribution in [2.45, 2.75) is 65.0 Å². The van der Waals surface area contributed by atoms with Crippen LogP contribution in [0.2, 0.25) is 0 Å². The molecule has 1 unspecified atom stereocenters. The minimum Gasteiger partial charge on any atom is -0.338 e. The number of nitrogens with zero attached hydrogens (tertiary/aromatic N) is 4. The lowest BCUT2D eigenvalue weighted by Gasteiger charge is -2.37. The van der Waals surface area contributed by atoms with Crippen LogP contribution in [0, 0.1) is 5.92 Å². The molecule has 3 heterocycles. The maximum Gasteiger partial charge on any atom is 0.240 e. The summed E-state index contributed by atoms with van der Waals surface area (Å²) < 4.78 is 5.36. The molecule has 1 aromatic heterocycles. The third-order valence-electron chi connectivity index (χ3n) is 5.37. The van der Waals surface area contributed by atoms with E-state index in [9.17, 15) is 0 Å². The van der Waals surface area contributed by atoms with Crippen LogP contribution < -0.4 is 0 Å². The molecule has 2 saturated heterocycles. The van der Waals surface area contributed by atoms with Gasteiger partial charge >= 0.3 is 0 Å². The molecule has 0 spiro atoms. The summed E-state index contributed by atoms with van der Waals surface area (Å²) in [5.74, 6) is 2.50. The molecule has 0 bridgehead atoms. The van der Waals surface area contributed by atoms with Gasteiger partial charge in [0.25, 0.3) is 0 Å². The van der Waals surface area contributed by atoms with Gasteiger partial charge in [-0.25, -0.2) is 0 Å². The Balaban J connectivity index is 1.44. The second-order valence-corrected chi connectivity index (χ2v) is 6.95. The molecule has 0 radical (unpaired) electrons. The third kappa shape index (κ3) is 3.87. The quantitative estimate of drug-likeness (QED) is 0.808. The summed E-state index contributed by atoms with van der Waals surface area (Å²) in [5, 5.41) is 4.05. The zero-order valence-corrected chi connectivity index (χ0v) is 14.1. The number of aryl methyl sites for hydroxylation is 1. The summed E-state index contributed by atoms with van der Waals surface area (Å²) >= 11 is 0. The van der Waals surface area contributed by atoms with Gasteiger partial charge in [0.05, 0.1) is 6.54 Å². The zero-order valence-electron chi connectivity index (χ0n) is 14.1. The molecule has 0 N–H and O–H groups in total. The van der Waals surface area contributed by atoms with Crippen molar-refractivity contribution in [3.63, 3.8) is 0 Å². The number of likely N-dealkylation sites (tertiary alicyclic amines) is 2. The topological polar surface area (TPSA) is 45.4 Å². The molecule has 2 aliphatic heterocycles. The van der Waals surface area contributed by atoms with Crippen LogP contribution in [0.25, 0.3) is 0 Å². The summed E-state index contributed by atoms with van der Waals surface area (Å²) in [4.78, 5) is 9.64. The van der Waals surface area contributed by atoms with Crippen molar-refractivity contribution < 1.29 is 4.52 Å². The second-order valence-electron chi connectivity index (χ2n) is 6.95. The Labute approximate surface area is 134 Å². The van der Waals surface area contributed by atoms with Crippen molar-refractivity contribution in [3.8, 4) is 0 Å². The fourth-order valence-electron chi connectivity index (χ4n) is 3.91. The lowest BCUT2D eigenvalue weighted by atomic mass is 9.89. The van der Waals surface area contributed by atoms with E-state index in [0.29, 0.717) is 0 Å². The van der Waals surface area contributed by atoms with Crippen molar-refractivity contribution in [3.05, 3.63) is 11.7 Å². The highest BCUT2D eigenvalue weighted by molar-refractivity contribution is 4.88. The summed E-state index contributed by atoms with van der Waals surface area (Å²) in [6.45, 7) is 10.3. The molecule has 0 saturated carbocycles. The monoisotopic (exact) mass is 306 g/mol. The molecule has 2 aliphatic rings. The van der Waals surface area contributed by atoms with E-state index in [2.05, 4.69) is 33.8 Å². The molecule has 5 heteroatoms. The van der Waals surface area contributed by atoms with Crippen LogP contribution in [0.15, 0.2) is 4.52 Å². The first-order valence-corrected chi connectivity index (χ1v) is 9.04. The molecule has 2 fully saturated rings. The number of hydrogen-bond donors (Lipinski definition) is 0. The van der Waals surface area contributed by atoms with Gasteiger partial charge in [-0.1, -0.05) is 12.1 Å². The highest BCUT2D eigenvalue weighted by Gasteiger charge is 2.29. The lowest BCUT2D eigenvalue weighted by Crippen LogP contribution is -2.42. The molecule has 0 amide bonds. The normalized spacial score (nSPS) is 23.2. The van der Waals surface area contributed by atoms with Crippen molar-refractivity contribution in [1.29, 1.82) is 0 Å². The van der Waals surface area contributed by atoms with Crippen molar-refractivity contribution in [2.24, 2.45) is 5.92 Å². The van der Waals surface area contributed by atoms with E-state index >= 15 is 0 Å². The van der Waals surface area contributed by atoms with Gasteiger partial charge in [0, 0.05) is 12.5 Å². The summed E-state index contributed by atoms with van der Waals surface area (Å²) in [7, 11) is 0. The maximum atomic E-state index is 5.36. The standard InChI is InChI=1S/C17H30N4O/c1-3-6-16-18-17(22-19-16)13-20-11-7-15(8-12-20)14(2)21-9-4-5-10-21/h14-15H,3-13H2,1-2H3. The van der Waals surface area contributed by atoms with E-state index in [-0.39, 0.29) is 0 Å². The van der Waals surface area contributed by atoms with Crippen LogP contribution >= 0.6 is 0 Å². The van der Waals surface area contributed by atoms with Crippen LogP contribution in [0.3, 0.4) is 0 Å². The Morgan fingerprint density at radius 2 is 1.91 bits per heavy atom. The fourth-order valence-corrected chi connectivity index (χ4v) is 3.91. The molecule has 0 aliphatic carbocycles. The second kappa shape index (κ2) is 7.55. The van der Waals surface area contributed by atoms with E-state index in [4.69, 9.17) is 4.52 Å². The fraction of sp³-hybridized carbons (Fsp3) is 0.882. The Morgan fingerprint density at radius 1 is 1.18 bits per heavy atom. The smallest absolute Gasteiger partial charge is 0.240 e. The largest absolute Gasteiger partial charge is 0.338 e. The molecule has 1 atom stereocenters. The van der Waals surface area contributed by atoms with E-state index in [1.54, 1.807) is 0 Å². The minimum atomic E-state index is 0.754. The van der Waals surface area contributed by atoms with Crippen molar-refractivity contribution in [1.82, 2.24) is 19.9 Å². The van der Waals surface area contributed by atoms with Gasteiger partial charge in [0.2, 0.25) is 5.89 Å². The Bertz CT molecular complexity index is 447. The average molecular weight is 306 g/mol. The first kappa shape index (κ1) is 15.9. The van der Waals surface area contributed by atoms with E-state index in [1.807, 2.05) is 0 Å². The Morgan fingerprint density at radius 3 is 2.59 bits per heavy atom. The van der Waals surface area contributed by atoms with E-state index in [0.717, 1.165) is 56.2 Å². The van der Waals surface area contributed by atoms with Crippen LogP contribution in [-0.2, 0) is 13.0 Å². The van der Waals surface area contributed by atoms with Gasteiger partial charge in [-0.3, -0.25) is 4.90 Å². The van der Waals surface area contributed by atoms with Crippen LogP contribution in [0.5, 0.6) is 0 Å². The molecule has 124 valence electrons. The van der Waals surface area contributed by atoms with E-state index in [1.165, 1.54) is 38.8 Å². The molecule has 1 aromatic rings. The van der Waals surface area contributed by atoms with Gasteiger partial charge in [-0.05, 0) is 71.1 Å². The van der Waals surface area contributed by atoms with Gasteiger partial charge in [-0.2, -0.15) is 4.98 Å². The van der Waals surface area contributed by atoms with Crippen LogP contribution in [0.1, 0.15) is 57.7 Å². The number of hydrogen-bond acceptors (Lipinski definition) is 5. The van der Waals surface area contributed by atoms with Crippen molar-refractivity contribution in [2.75, 3.05) is 26.2 Å². The number of rotatable bonds is 6. The third-order valence-corrected chi connectivity index (χ3v) is 5.37. The average Bonchev–Trinajstić information content (AvgIpc) is 3.20. The van der Waals surface area contributed by atoms with Gasteiger partial charge in [0.1, 0.15) is 0 Å². The summed E-state index contributed by atoms with van der Waals surface area (Å²) in [5.41, 5.74) is 0. The summed E-state index contributed by atoms with van der Waals surface area (Å²) in [6, 6.07) is 0.754. The predicted octanol–water partition coefficient (Wildman–Crippen LogP) is 2.72. The number of aromatic nitrogens is 2. The SMILES string of the molecule is CCCc1noc(CN2CCC(C(C)N3CCCC3)CC2)n1. The minimum absolute atomic E-state index is 0.754. The molecular formula is C17H30N4O. The molecular weight excluding hydrogens is 276 g/mol. The molecule has 5 nitrogen and oxygen atoms in total. The molecule has 22 heavy (non-hydrogen) atoms. The first-order valence-electron chi connectivity index (χ1n) is 9.04. The molecule has 0 aromatic carbocycles. The first-order chi connectivity index (χ1) is 10.8. The maximum absolute atomic E-state index is 5.36. The van der Waals surface area contributed by atoms with Gasteiger partial charge < -0.3 is 9.42 Å². The molecule has 3 rings (SSSR count). The zero-order chi connectivity index (χ0) is 15.4.